The Morgan fingerprint density at radius 3 is 2.36 bits per heavy atom. The van der Waals surface area contributed by atoms with Crippen LogP contribution in [0.25, 0.3) is 28.0 Å². The van der Waals surface area contributed by atoms with E-state index in [9.17, 15) is 17.6 Å². The van der Waals surface area contributed by atoms with E-state index in [1.807, 2.05) is 0 Å². The number of nitrogens with two attached hydrogens (primary N) is 2. The van der Waals surface area contributed by atoms with E-state index in [1.165, 1.54) is 36.3 Å². The van der Waals surface area contributed by atoms with Gasteiger partial charge in [-0.05, 0) is 36.4 Å². The Bertz CT molecular complexity index is 1610. The number of hydrogen-bond acceptors (Lipinski definition) is 7. The summed E-state index contributed by atoms with van der Waals surface area (Å²) in [5, 5.41) is 4.57. The molecule has 0 radical (unpaired) electrons. The first kappa shape index (κ1) is 23.0. The van der Waals surface area contributed by atoms with Crippen molar-refractivity contribution in [2.75, 3.05) is 18.6 Å². The second-order valence-corrected chi connectivity index (χ2v) is 7.80. The minimum atomic E-state index is -1.35. The van der Waals surface area contributed by atoms with E-state index >= 15 is 0 Å². The number of halogens is 4. The molecular formula is C24H17F4N7O. The molecule has 3 aromatic heterocycles. The lowest BCUT2D eigenvalue weighted by Crippen LogP contribution is -2.10. The number of methoxy groups -OCH3 is 1. The van der Waals surface area contributed by atoms with Crippen LogP contribution in [0, 0.1) is 23.3 Å². The van der Waals surface area contributed by atoms with Crippen LogP contribution in [-0.4, -0.2) is 31.8 Å². The summed E-state index contributed by atoms with van der Waals surface area (Å²) in [5.41, 5.74) is 13.1. The van der Waals surface area contributed by atoms with E-state index in [4.69, 9.17) is 16.2 Å². The van der Waals surface area contributed by atoms with Gasteiger partial charge in [0, 0.05) is 29.1 Å². The van der Waals surface area contributed by atoms with Gasteiger partial charge in [-0.15, -0.1) is 0 Å². The van der Waals surface area contributed by atoms with Crippen LogP contribution in [0.2, 0.25) is 0 Å². The number of nitrogens with zero attached hydrogens (tertiary/aromatic N) is 5. The number of anilines is 2. The summed E-state index contributed by atoms with van der Waals surface area (Å²) >= 11 is 0. The number of hydrogen-bond donors (Lipinski definition) is 2. The monoisotopic (exact) mass is 495 g/mol. The molecule has 0 unspecified atom stereocenters. The van der Waals surface area contributed by atoms with Crippen molar-refractivity contribution in [3.63, 3.8) is 0 Å². The van der Waals surface area contributed by atoms with Crippen LogP contribution in [0.1, 0.15) is 11.3 Å². The highest BCUT2D eigenvalue weighted by atomic mass is 19.2. The molecule has 0 aliphatic heterocycles. The van der Waals surface area contributed by atoms with Crippen LogP contribution in [0.4, 0.5) is 29.2 Å². The summed E-state index contributed by atoms with van der Waals surface area (Å²) in [6, 6.07) is 6.87. The summed E-state index contributed by atoms with van der Waals surface area (Å²) in [7, 11) is 1.48. The lowest BCUT2D eigenvalue weighted by molar-refractivity contribution is 0.413. The van der Waals surface area contributed by atoms with Crippen molar-refractivity contribution < 1.29 is 22.3 Å². The zero-order valence-corrected chi connectivity index (χ0v) is 18.6. The summed E-state index contributed by atoms with van der Waals surface area (Å²) in [6.07, 6.45) is 2.56. The molecular weight excluding hydrogens is 478 g/mol. The fourth-order valence-electron chi connectivity index (χ4n) is 3.88. The van der Waals surface area contributed by atoms with Crippen molar-refractivity contribution >= 4 is 22.5 Å². The standard InChI is InChI=1S/C24H17F4N7O/c1-36-13-6-11(9-31-10-13)20-22(29)32-24(33-23(20)30)35-19-5-2-12(25)7-15(19)18(34-35)8-14-16(26)3-4-17(27)21(14)28/h2-7,9-10H,8H2,1H3,(H4,29,30,32,33). The number of nitrogen functional groups attached to an aromatic ring is 2. The van der Waals surface area contributed by atoms with E-state index < -0.39 is 35.3 Å². The van der Waals surface area contributed by atoms with Crippen LogP contribution >= 0.6 is 0 Å². The topological polar surface area (TPSA) is 118 Å². The maximum absolute atomic E-state index is 14.3. The van der Waals surface area contributed by atoms with E-state index in [2.05, 4.69) is 20.1 Å². The lowest BCUT2D eigenvalue weighted by Gasteiger charge is -2.11. The van der Waals surface area contributed by atoms with Crippen molar-refractivity contribution in [1.82, 2.24) is 24.7 Å². The fourth-order valence-corrected chi connectivity index (χ4v) is 3.88. The molecule has 12 heteroatoms. The van der Waals surface area contributed by atoms with E-state index in [-0.39, 0.29) is 28.7 Å². The number of benzene rings is 2. The fraction of sp³-hybridized carbons (Fsp3) is 0.0833. The number of rotatable bonds is 5. The van der Waals surface area contributed by atoms with Crippen molar-refractivity contribution in [3.8, 4) is 22.8 Å². The van der Waals surface area contributed by atoms with Gasteiger partial charge in [0.05, 0.1) is 30.1 Å². The summed E-state index contributed by atoms with van der Waals surface area (Å²) in [5.74, 6) is -3.73. The van der Waals surface area contributed by atoms with Gasteiger partial charge in [-0.2, -0.15) is 19.7 Å². The quantitative estimate of drug-likeness (QED) is 0.277. The third-order valence-electron chi connectivity index (χ3n) is 5.58. The molecule has 4 N–H and O–H groups in total. The van der Waals surface area contributed by atoms with Crippen molar-refractivity contribution in [3.05, 3.63) is 83.3 Å². The SMILES string of the molecule is COc1cncc(-c2c(N)nc(-n3nc(Cc4c(F)ccc(F)c4F)c4cc(F)ccc43)nc2N)c1. The third kappa shape index (κ3) is 3.91. The molecule has 0 saturated heterocycles. The van der Waals surface area contributed by atoms with Gasteiger partial charge in [-0.25, -0.2) is 17.6 Å². The molecule has 0 fully saturated rings. The molecule has 0 spiro atoms. The normalized spacial score (nSPS) is 11.2. The molecule has 8 nitrogen and oxygen atoms in total. The van der Waals surface area contributed by atoms with Crippen molar-refractivity contribution in [2.24, 2.45) is 0 Å². The van der Waals surface area contributed by atoms with Gasteiger partial charge in [0.15, 0.2) is 11.6 Å². The van der Waals surface area contributed by atoms with Gasteiger partial charge in [0.1, 0.15) is 29.0 Å². The highest BCUT2D eigenvalue weighted by Gasteiger charge is 2.22. The third-order valence-corrected chi connectivity index (χ3v) is 5.58. The van der Waals surface area contributed by atoms with Gasteiger partial charge < -0.3 is 16.2 Å². The van der Waals surface area contributed by atoms with Crippen LogP contribution < -0.4 is 16.2 Å². The molecule has 0 bridgehead atoms. The Morgan fingerprint density at radius 1 is 0.917 bits per heavy atom. The van der Waals surface area contributed by atoms with Crippen LogP contribution in [-0.2, 0) is 6.42 Å². The van der Waals surface area contributed by atoms with E-state index in [0.717, 1.165) is 12.1 Å². The largest absolute Gasteiger partial charge is 0.495 e. The number of ether oxygens (including phenoxy) is 1. The molecule has 0 aliphatic carbocycles. The maximum Gasteiger partial charge on any atom is 0.255 e. The Morgan fingerprint density at radius 2 is 1.64 bits per heavy atom. The number of aromatic nitrogens is 5. The van der Waals surface area contributed by atoms with Gasteiger partial charge in [0.2, 0.25) is 0 Å². The smallest absolute Gasteiger partial charge is 0.255 e. The number of pyridine rings is 1. The summed E-state index contributed by atoms with van der Waals surface area (Å²) < 4.78 is 62.9. The number of fused-ring (bicyclic) bond motifs is 1. The first-order valence-corrected chi connectivity index (χ1v) is 10.5. The molecule has 5 rings (SSSR count). The van der Waals surface area contributed by atoms with E-state index in [1.54, 1.807) is 6.07 Å². The summed E-state index contributed by atoms with van der Waals surface area (Å²) in [6.45, 7) is 0. The lowest BCUT2D eigenvalue weighted by atomic mass is 10.1. The second kappa shape index (κ2) is 8.80. The average Bonchev–Trinajstić information content (AvgIpc) is 3.21. The summed E-state index contributed by atoms with van der Waals surface area (Å²) in [4.78, 5) is 12.7. The zero-order valence-electron chi connectivity index (χ0n) is 18.6. The van der Waals surface area contributed by atoms with Crippen LogP contribution in [0.5, 0.6) is 5.75 Å². The minimum absolute atomic E-state index is 0.00193. The predicted octanol–water partition coefficient (Wildman–Crippen LogP) is 4.20. The molecule has 182 valence electrons. The van der Waals surface area contributed by atoms with E-state index in [0.29, 0.717) is 28.5 Å². The second-order valence-electron chi connectivity index (χ2n) is 7.80. The van der Waals surface area contributed by atoms with Gasteiger partial charge in [-0.1, -0.05) is 0 Å². The Labute approximate surface area is 201 Å². The van der Waals surface area contributed by atoms with Gasteiger partial charge in [-0.3, -0.25) is 4.98 Å². The first-order chi connectivity index (χ1) is 17.3. The molecule has 0 amide bonds. The average molecular weight is 495 g/mol. The highest BCUT2D eigenvalue weighted by Crippen LogP contribution is 2.33. The van der Waals surface area contributed by atoms with Crippen molar-refractivity contribution in [2.45, 2.75) is 6.42 Å². The van der Waals surface area contributed by atoms with Gasteiger partial charge >= 0.3 is 0 Å². The minimum Gasteiger partial charge on any atom is -0.495 e. The molecule has 0 saturated carbocycles. The molecule has 0 aliphatic rings. The molecule has 5 aromatic rings. The molecule has 3 heterocycles. The molecule has 0 atom stereocenters. The van der Waals surface area contributed by atoms with Crippen LogP contribution in [0.3, 0.4) is 0 Å². The predicted molar refractivity (Wildman–Crippen MR) is 124 cm³/mol. The van der Waals surface area contributed by atoms with Gasteiger partial charge in [0.25, 0.3) is 5.95 Å². The van der Waals surface area contributed by atoms with Crippen molar-refractivity contribution in [1.29, 1.82) is 0 Å². The first-order valence-electron chi connectivity index (χ1n) is 10.5. The Kier molecular flexibility index (Phi) is 5.63. The maximum atomic E-state index is 14.3. The molecule has 2 aromatic carbocycles. The zero-order chi connectivity index (χ0) is 25.6. The highest BCUT2D eigenvalue weighted by molar-refractivity contribution is 5.85. The van der Waals surface area contributed by atoms with Crippen LogP contribution in [0.15, 0.2) is 48.8 Å². The molecule has 36 heavy (non-hydrogen) atoms. The Balaban J connectivity index is 1.65. The Hall–Kier alpha value is -4.74.